The minimum Gasteiger partial charge on any atom is -0.495 e. The molecule has 0 aliphatic carbocycles. The standard InChI is InChI=1S/C32H39ClN4O7S/c1-6-27(32(39)34-20-22(2)3)35(17-16-24-10-8-7-9-11-24)31(38)21-36(29-18-25(33)13-15-30(29)44-5)45(42,43)26-14-12-23(4)28(19-26)37(40)41/h7-15,18-19,22,27H,6,16-17,20-21H2,1-5H3,(H,34,39)/t27-/m0/s1. The average Bonchev–Trinajstić information content (AvgIpc) is 3.00. The van der Waals surface area contributed by atoms with Gasteiger partial charge in [0.15, 0.2) is 0 Å². The van der Waals surface area contributed by atoms with Crippen LogP contribution in [0.5, 0.6) is 5.75 Å². The molecule has 0 aliphatic heterocycles. The first kappa shape index (κ1) is 35.3. The fraction of sp³-hybridized carbons (Fsp3) is 0.375. The minimum atomic E-state index is -4.60. The largest absolute Gasteiger partial charge is 0.495 e. The van der Waals surface area contributed by atoms with Crippen molar-refractivity contribution in [3.05, 3.63) is 93.0 Å². The van der Waals surface area contributed by atoms with Crippen LogP contribution in [-0.4, -0.2) is 62.8 Å². The van der Waals surface area contributed by atoms with Gasteiger partial charge in [0, 0.05) is 29.7 Å². The molecule has 1 atom stereocenters. The Labute approximate surface area is 269 Å². The van der Waals surface area contributed by atoms with Crippen molar-refractivity contribution in [2.24, 2.45) is 5.92 Å². The molecule has 3 rings (SSSR count). The molecule has 3 aromatic carbocycles. The van der Waals surface area contributed by atoms with E-state index in [1.807, 2.05) is 44.2 Å². The number of aryl methyl sites for hydroxylation is 1. The third-order valence-electron chi connectivity index (χ3n) is 7.21. The topological polar surface area (TPSA) is 139 Å². The maximum Gasteiger partial charge on any atom is 0.273 e. The highest BCUT2D eigenvalue weighted by Gasteiger charge is 2.35. The van der Waals surface area contributed by atoms with Gasteiger partial charge < -0.3 is 15.0 Å². The van der Waals surface area contributed by atoms with E-state index in [-0.39, 0.29) is 46.8 Å². The molecule has 0 fully saturated rings. The van der Waals surface area contributed by atoms with Gasteiger partial charge in [-0.1, -0.05) is 68.8 Å². The SMILES string of the molecule is CC[C@@H](C(=O)NCC(C)C)N(CCc1ccccc1)C(=O)CN(c1cc(Cl)ccc1OC)S(=O)(=O)c1ccc(C)c([N+](=O)[O-])c1. The molecule has 0 bridgehead atoms. The van der Waals surface area contributed by atoms with Crippen molar-refractivity contribution in [3.8, 4) is 5.75 Å². The molecule has 0 unspecified atom stereocenters. The summed E-state index contributed by atoms with van der Waals surface area (Å²) in [5.74, 6) is -0.717. The third kappa shape index (κ3) is 8.95. The van der Waals surface area contributed by atoms with Gasteiger partial charge in [-0.25, -0.2) is 8.42 Å². The number of methoxy groups -OCH3 is 1. The quantitative estimate of drug-likeness (QED) is 0.171. The van der Waals surface area contributed by atoms with Gasteiger partial charge in [0.1, 0.15) is 18.3 Å². The fourth-order valence-corrected chi connectivity index (χ4v) is 6.37. The van der Waals surface area contributed by atoms with E-state index < -0.39 is 44.0 Å². The number of halogens is 1. The molecule has 1 N–H and O–H groups in total. The minimum absolute atomic E-state index is 0.0399. The number of rotatable bonds is 15. The first-order valence-corrected chi connectivity index (χ1v) is 16.3. The smallest absolute Gasteiger partial charge is 0.273 e. The van der Waals surface area contributed by atoms with Gasteiger partial charge in [0.05, 0.1) is 22.6 Å². The Bertz CT molecular complexity index is 1620. The number of hydrogen-bond donors (Lipinski definition) is 1. The van der Waals surface area contributed by atoms with Crippen molar-refractivity contribution in [2.45, 2.75) is 51.5 Å². The number of amides is 2. The molecule has 242 valence electrons. The summed E-state index contributed by atoms with van der Waals surface area (Å²) in [5, 5.41) is 14.7. The van der Waals surface area contributed by atoms with Crippen LogP contribution in [0.1, 0.15) is 38.3 Å². The zero-order valence-corrected chi connectivity index (χ0v) is 27.6. The predicted molar refractivity (Wildman–Crippen MR) is 174 cm³/mol. The summed E-state index contributed by atoms with van der Waals surface area (Å²) in [6.45, 7) is 6.99. The summed E-state index contributed by atoms with van der Waals surface area (Å²) in [5.41, 5.74) is 0.771. The van der Waals surface area contributed by atoms with Crippen molar-refractivity contribution in [1.82, 2.24) is 10.2 Å². The predicted octanol–water partition coefficient (Wildman–Crippen LogP) is 5.38. The van der Waals surface area contributed by atoms with Gasteiger partial charge in [0.2, 0.25) is 11.8 Å². The fourth-order valence-electron chi connectivity index (χ4n) is 4.76. The number of nitrogens with one attached hydrogen (secondary N) is 1. The van der Waals surface area contributed by atoms with Crippen LogP contribution >= 0.6 is 11.6 Å². The molecule has 45 heavy (non-hydrogen) atoms. The highest BCUT2D eigenvalue weighted by molar-refractivity contribution is 7.92. The molecule has 0 heterocycles. The Morgan fingerprint density at radius 3 is 2.36 bits per heavy atom. The molecule has 0 radical (unpaired) electrons. The van der Waals surface area contributed by atoms with Crippen molar-refractivity contribution in [3.63, 3.8) is 0 Å². The number of ether oxygens (including phenoxy) is 1. The number of carbonyl (C=O) groups excluding carboxylic acids is 2. The maximum absolute atomic E-state index is 14.2. The highest BCUT2D eigenvalue weighted by atomic mass is 35.5. The Morgan fingerprint density at radius 1 is 1.07 bits per heavy atom. The van der Waals surface area contributed by atoms with E-state index in [1.54, 1.807) is 6.92 Å². The molecule has 0 saturated carbocycles. The average molecular weight is 659 g/mol. The summed E-state index contributed by atoms with van der Waals surface area (Å²) in [4.78, 5) is 39.6. The lowest BCUT2D eigenvalue weighted by Gasteiger charge is -2.33. The van der Waals surface area contributed by atoms with E-state index in [9.17, 15) is 28.1 Å². The monoisotopic (exact) mass is 658 g/mol. The molecule has 3 aromatic rings. The number of sulfonamides is 1. The van der Waals surface area contributed by atoms with Crippen molar-refractivity contribution in [2.75, 3.05) is 31.0 Å². The first-order valence-electron chi connectivity index (χ1n) is 14.5. The van der Waals surface area contributed by atoms with Gasteiger partial charge in [-0.15, -0.1) is 0 Å². The second-order valence-electron chi connectivity index (χ2n) is 10.9. The molecule has 13 heteroatoms. The summed E-state index contributed by atoms with van der Waals surface area (Å²) in [7, 11) is -3.26. The van der Waals surface area contributed by atoms with Gasteiger partial charge in [0.25, 0.3) is 15.7 Å². The normalized spacial score (nSPS) is 12.0. The van der Waals surface area contributed by atoms with Crippen molar-refractivity contribution >= 4 is 44.8 Å². The Balaban J connectivity index is 2.13. The van der Waals surface area contributed by atoms with E-state index in [2.05, 4.69) is 5.32 Å². The molecular weight excluding hydrogens is 620 g/mol. The van der Waals surface area contributed by atoms with Crippen LogP contribution in [0.15, 0.2) is 71.6 Å². The van der Waals surface area contributed by atoms with Crippen LogP contribution in [-0.2, 0) is 26.0 Å². The molecule has 0 aliphatic rings. The van der Waals surface area contributed by atoms with Crippen LogP contribution in [0.3, 0.4) is 0 Å². The highest BCUT2D eigenvalue weighted by Crippen LogP contribution is 2.36. The Kier molecular flexibility index (Phi) is 12.3. The molecule has 2 amide bonds. The van der Waals surface area contributed by atoms with E-state index in [1.165, 1.54) is 49.3 Å². The lowest BCUT2D eigenvalue weighted by molar-refractivity contribution is -0.385. The van der Waals surface area contributed by atoms with Gasteiger partial charge >= 0.3 is 0 Å². The van der Waals surface area contributed by atoms with Crippen molar-refractivity contribution in [1.29, 1.82) is 0 Å². The Morgan fingerprint density at radius 2 is 1.76 bits per heavy atom. The van der Waals surface area contributed by atoms with Gasteiger partial charge in [-0.2, -0.15) is 0 Å². The summed E-state index contributed by atoms with van der Waals surface area (Å²) in [6.07, 6.45) is 0.694. The molecular formula is C32H39ClN4O7S. The van der Waals surface area contributed by atoms with Crippen LogP contribution < -0.4 is 14.4 Å². The van der Waals surface area contributed by atoms with E-state index in [0.29, 0.717) is 13.0 Å². The number of nitro groups is 1. The van der Waals surface area contributed by atoms with Gasteiger partial charge in [-0.3, -0.25) is 24.0 Å². The summed E-state index contributed by atoms with van der Waals surface area (Å²) >= 11 is 6.28. The first-order chi connectivity index (χ1) is 21.3. The van der Waals surface area contributed by atoms with Crippen LogP contribution in [0.4, 0.5) is 11.4 Å². The van der Waals surface area contributed by atoms with Crippen LogP contribution in [0.25, 0.3) is 0 Å². The number of hydrogen-bond acceptors (Lipinski definition) is 7. The number of carbonyl (C=O) groups is 2. The molecule has 0 spiro atoms. The molecule has 0 aromatic heterocycles. The van der Waals surface area contributed by atoms with E-state index in [0.717, 1.165) is 15.9 Å². The zero-order chi connectivity index (χ0) is 33.3. The molecule has 11 nitrogen and oxygen atoms in total. The molecule has 0 saturated heterocycles. The lowest BCUT2D eigenvalue weighted by atomic mass is 10.1. The number of nitrogens with zero attached hydrogens (tertiary/aromatic N) is 3. The van der Waals surface area contributed by atoms with Gasteiger partial charge in [-0.05, 0) is 55.5 Å². The number of anilines is 1. The number of benzene rings is 3. The third-order valence-corrected chi connectivity index (χ3v) is 9.20. The second kappa shape index (κ2) is 15.7. The van der Waals surface area contributed by atoms with Crippen LogP contribution in [0, 0.1) is 23.0 Å². The summed E-state index contributed by atoms with van der Waals surface area (Å²) in [6, 6.07) is 16.4. The lowest BCUT2D eigenvalue weighted by Crippen LogP contribution is -2.53. The van der Waals surface area contributed by atoms with E-state index in [4.69, 9.17) is 16.3 Å². The van der Waals surface area contributed by atoms with Crippen molar-refractivity contribution < 1.29 is 27.7 Å². The number of nitro benzene ring substituents is 1. The van der Waals surface area contributed by atoms with E-state index >= 15 is 0 Å². The van der Waals surface area contributed by atoms with Crippen LogP contribution in [0.2, 0.25) is 5.02 Å². The zero-order valence-electron chi connectivity index (χ0n) is 26.0. The Hall–Kier alpha value is -4.16. The second-order valence-corrected chi connectivity index (χ2v) is 13.2. The summed E-state index contributed by atoms with van der Waals surface area (Å²) < 4.78 is 34.7. The maximum atomic E-state index is 14.2.